The van der Waals surface area contributed by atoms with Crippen molar-refractivity contribution < 1.29 is 28.6 Å². The number of rotatable bonds is 64. The van der Waals surface area contributed by atoms with Crippen molar-refractivity contribution in [3.05, 3.63) is 12.2 Å². The molecule has 0 aromatic carbocycles. The van der Waals surface area contributed by atoms with Gasteiger partial charge in [0.2, 0.25) is 0 Å². The molecule has 0 fully saturated rings. The van der Waals surface area contributed by atoms with Gasteiger partial charge in [-0.2, -0.15) is 0 Å². The van der Waals surface area contributed by atoms with Crippen molar-refractivity contribution in [3.8, 4) is 0 Å². The summed E-state index contributed by atoms with van der Waals surface area (Å²) in [6.45, 7) is 6.68. The summed E-state index contributed by atoms with van der Waals surface area (Å²) in [6, 6.07) is 0. The quantitative estimate of drug-likeness (QED) is 0.0261. The van der Waals surface area contributed by atoms with Crippen LogP contribution < -0.4 is 0 Å². The van der Waals surface area contributed by atoms with E-state index in [1.807, 2.05) is 0 Å². The molecule has 0 saturated heterocycles. The van der Waals surface area contributed by atoms with Gasteiger partial charge >= 0.3 is 17.9 Å². The van der Waals surface area contributed by atoms with Crippen LogP contribution in [0.1, 0.15) is 393 Å². The maximum Gasteiger partial charge on any atom is 0.306 e. The highest BCUT2D eigenvalue weighted by Gasteiger charge is 2.19. The lowest BCUT2D eigenvalue weighted by Crippen LogP contribution is -2.30. The number of ether oxygens (including phenoxy) is 3. The largest absolute Gasteiger partial charge is 0.462 e. The Labute approximate surface area is 469 Å². The van der Waals surface area contributed by atoms with Gasteiger partial charge in [0.1, 0.15) is 13.2 Å². The molecule has 0 rings (SSSR count). The fraction of sp³-hybridized carbons (Fsp3) is 0.928. The van der Waals surface area contributed by atoms with Crippen LogP contribution in [0.2, 0.25) is 0 Å². The van der Waals surface area contributed by atoms with Crippen molar-refractivity contribution in [1.82, 2.24) is 0 Å². The Bertz CT molecular complexity index is 1170. The van der Waals surface area contributed by atoms with E-state index in [0.717, 1.165) is 64.2 Å². The number of carbonyl (C=O) groups excluding carboxylic acids is 3. The van der Waals surface area contributed by atoms with Gasteiger partial charge in [0.15, 0.2) is 6.10 Å². The lowest BCUT2D eigenvalue weighted by atomic mass is 10.0. The van der Waals surface area contributed by atoms with Gasteiger partial charge in [0.25, 0.3) is 0 Å². The number of hydrogen-bond acceptors (Lipinski definition) is 6. The fourth-order valence-corrected chi connectivity index (χ4v) is 10.6. The molecule has 1 atom stereocenters. The molecule has 0 saturated carbocycles. The number of unbranched alkanes of at least 4 members (excludes halogenated alkanes) is 51. The molecule has 6 nitrogen and oxygen atoms in total. The third-order valence-electron chi connectivity index (χ3n) is 15.8. The minimum atomic E-state index is -0.769. The van der Waals surface area contributed by atoms with Crippen LogP contribution in [0.3, 0.4) is 0 Å². The molecule has 0 heterocycles. The average Bonchev–Trinajstić information content (AvgIpc) is 3.41. The summed E-state index contributed by atoms with van der Waals surface area (Å²) < 4.78 is 16.9. The SMILES string of the molecule is CCCC/C=C\CCCCCCCC(=O)OCC(COC(=O)CCCCCCCCCCCCCCCCCCCCCCCCCCCCC)OC(=O)CCCCCCCCCCCCCCCCCCCCC. The van der Waals surface area contributed by atoms with E-state index >= 15 is 0 Å². The van der Waals surface area contributed by atoms with E-state index in [0.29, 0.717) is 19.3 Å². The molecule has 0 spiro atoms. The highest BCUT2D eigenvalue weighted by atomic mass is 16.6. The minimum Gasteiger partial charge on any atom is -0.462 e. The summed E-state index contributed by atoms with van der Waals surface area (Å²) >= 11 is 0. The zero-order valence-electron chi connectivity index (χ0n) is 51.1. The maximum absolute atomic E-state index is 12.9. The molecule has 0 aliphatic carbocycles. The van der Waals surface area contributed by atoms with Crippen molar-refractivity contribution in [3.63, 3.8) is 0 Å². The third kappa shape index (κ3) is 62.9. The van der Waals surface area contributed by atoms with E-state index < -0.39 is 6.10 Å². The molecular formula is C69H132O6. The Balaban J connectivity index is 4.13. The van der Waals surface area contributed by atoms with Gasteiger partial charge in [-0.3, -0.25) is 14.4 Å². The first-order valence-electron chi connectivity index (χ1n) is 34.2. The third-order valence-corrected chi connectivity index (χ3v) is 15.8. The van der Waals surface area contributed by atoms with Crippen molar-refractivity contribution in [2.45, 2.75) is 399 Å². The lowest BCUT2D eigenvalue weighted by molar-refractivity contribution is -0.167. The highest BCUT2D eigenvalue weighted by molar-refractivity contribution is 5.71. The zero-order valence-corrected chi connectivity index (χ0v) is 51.1. The zero-order chi connectivity index (χ0) is 54.3. The molecule has 0 aliphatic rings. The summed E-state index contributed by atoms with van der Waals surface area (Å²) in [6.07, 6.45) is 76.8. The van der Waals surface area contributed by atoms with Crippen LogP contribution in [-0.2, 0) is 28.6 Å². The standard InChI is InChI=1S/C69H132O6/c1-4-7-10-13-16-19-22-24-26-28-30-31-32-33-34-35-36-37-39-40-42-44-47-50-53-56-59-62-68(71)74-65-66(64-73-67(70)61-58-55-52-49-46-21-18-15-12-9-6-3)75-69(72)63-60-57-54-51-48-45-43-41-38-29-27-25-23-20-17-14-11-8-5-2/h15,18,66H,4-14,16-17,19-65H2,1-3H3/b18-15-. The van der Waals surface area contributed by atoms with Crippen molar-refractivity contribution >= 4 is 17.9 Å². The molecule has 0 aromatic rings. The van der Waals surface area contributed by atoms with Crippen LogP contribution in [0, 0.1) is 0 Å². The molecule has 444 valence electrons. The van der Waals surface area contributed by atoms with Crippen LogP contribution >= 0.6 is 0 Å². The second kappa shape index (κ2) is 64.7. The van der Waals surface area contributed by atoms with Gasteiger partial charge in [-0.05, 0) is 38.5 Å². The Hall–Kier alpha value is -1.85. The Morgan fingerprint density at radius 3 is 0.707 bits per heavy atom. The number of allylic oxidation sites excluding steroid dienone is 2. The maximum atomic E-state index is 12.9. The van der Waals surface area contributed by atoms with E-state index in [1.165, 1.54) is 289 Å². The summed E-state index contributed by atoms with van der Waals surface area (Å²) in [7, 11) is 0. The smallest absolute Gasteiger partial charge is 0.306 e. The molecule has 0 amide bonds. The normalized spacial score (nSPS) is 12.0. The number of esters is 3. The topological polar surface area (TPSA) is 78.9 Å². The van der Waals surface area contributed by atoms with E-state index in [4.69, 9.17) is 14.2 Å². The van der Waals surface area contributed by atoms with Gasteiger partial charge in [-0.1, -0.05) is 348 Å². The van der Waals surface area contributed by atoms with Gasteiger partial charge < -0.3 is 14.2 Å². The van der Waals surface area contributed by atoms with Crippen molar-refractivity contribution in [2.24, 2.45) is 0 Å². The molecular weight excluding hydrogens is 925 g/mol. The van der Waals surface area contributed by atoms with Crippen molar-refractivity contribution in [1.29, 1.82) is 0 Å². The molecule has 1 unspecified atom stereocenters. The van der Waals surface area contributed by atoms with E-state index in [-0.39, 0.29) is 31.1 Å². The van der Waals surface area contributed by atoms with Gasteiger partial charge in [-0.25, -0.2) is 0 Å². The van der Waals surface area contributed by atoms with Crippen LogP contribution in [0.4, 0.5) is 0 Å². The van der Waals surface area contributed by atoms with Gasteiger partial charge in [0.05, 0.1) is 0 Å². The van der Waals surface area contributed by atoms with Gasteiger partial charge in [-0.15, -0.1) is 0 Å². The van der Waals surface area contributed by atoms with Crippen LogP contribution in [0.15, 0.2) is 12.2 Å². The predicted molar refractivity (Wildman–Crippen MR) is 326 cm³/mol. The van der Waals surface area contributed by atoms with E-state index in [9.17, 15) is 14.4 Å². The monoisotopic (exact) mass is 1060 g/mol. The minimum absolute atomic E-state index is 0.0660. The summed E-state index contributed by atoms with van der Waals surface area (Å²) in [4.78, 5) is 38.3. The second-order valence-electron chi connectivity index (χ2n) is 23.5. The van der Waals surface area contributed by atoms with Crippen LogP contribution in [0.25, 0.3) is 0 Å². The van der Waals surface area contributed by atoms with Gasteiger partial charge in [0, 0.05) is 19.3 Å². The summed E-state index contributed by atoms with van der Waals surface area (Å²) in [5.41, 5.74) is 0. The number of hydrogen-bond donors (Lipinski definition) is 0. The average molecular weight is 1060 g/mol. The summed E-state index contributed by atoms with van der Waals surface area (Å²) in [5, 5.41) is 0. The molecule has 0 aliphatic heterocycles. The Morgan fingerprint density at radius 2 is 0.453 bits per heavy atom. The molecule has 0 aromatic heterocycles. The Kier molecular flexibility index (Phi) is 63.1. The first kappa shape index (κ1) is 73.2. The molecule has 0 N–H and O–H groups in total. The molecule has 0 bridgehead atoms. The first-order valence-corrected chi connectivity index (χ1v) is 34.2. The van der Waals surface area contributed by atoms with E-state index in [2.05, 4.69) is 32.9 Å². The lowest BCUT2D eigenvalue weighted by Gasteiger charge is -2.18. The fourth-order valence-electron chi connectivity index (χ4n) is 10.6. The second-order valence-corrected chi connectivity index (χ2v) is 23.5. The predicted octanol–water partition coefficient (Wildman–Crippen LogP) is 23.2. The summed E-state index contributed by atoms with van der Waals surface area (Å²) in [5.74, 6) is -0.845. The first-order chi connectivity index (χ1) is 37.0. The molecule has 0 radical (unpaired) electrons. The van der Waals surface area contributed by atoms with Crippen molar-refractivity contribution in [2.75, 3.05) is 13.2 Å². The van der Waals surface area contributed by atoms with E-state index in [1.54, 1.807) is 0 Å². The number of carbonyl (C=O) groups is 3. The highest BCUT2D eigenvalue weighted by Crippen LogP contribution is 2.19. The Morgan fingerprint density at radius 1 is 0.253 bits per heavy atom. The van der Waals surface area contributed by atoms with Crippen LogP contribution in [0.5, 0.6) is 0 Å². The molecule has 75 heavy (non-hydrogen) atoms. The van der Waals surface area contributed by atoms with Crippen LogP contribution in [-0.4, -0.2) is 37.2 Å². The molecule has 6 heteroatoms.